The average molecular weight is 437 g/mol. The number of benzene rings is 2. The molecule has 7 nitrogen and oxygen atoms in total. The van der Waals surface area contributed by atoms with Crippen LogP contribution in [0.4, 0.5) is 5.69 Å². The maximum atomic E-state index is 13.3. The van der Waals surface area contributed by atoms with Crippen molar-refractivity contribution in [2.45, 2.75) is 6.54 Å². The van der Waals surface area contributed by atoms with Crippen molar-refractivity contribution in [3.05, 3.63) is 64.3 Å². The van der Waals surface area contributed by atoms with Crippen molar-refractivity contribution in [3.63, 3.8) is 0 Å². The van der Waals surface area contributed by atoms with E-state index in [4.69, 9.17) is 21.1 Å². The van der Waals surface area contributed by atoms with Gasteiger partial charge in [0.2, 0.25) is 0 Å². The summed E-state index contributed by atoms with van der Waals surface area (Å²) in [5.74, 6) is 0.483. The molecule has 1 aromatic heterocycles. The van der Waals surface area contributed by atoms with E-state index in [2.05, 4.69) is 16.4 Å². The van der Waals surface area contributed by atoms with Gasteiger partial charge in [-0.1, -0.05) is 17.7 Å². The smallest absolute Gasteiger partial charge is 0.257 e. The fraction of sp³-hybridized carbons (Fsp3) is 0.261. The van der Waals surface area contributed by atoms with E-state index in [9.17, 15) is 10.1 Å². The SMILES string of the molecule is COc1ccc(CNc2c(C(=O)N3CCOCC3)cnc3ccc(C#N)cc23)cc1Cl. The van der Waals surface area contributed by atoms with Gasteiger partial charge in [-0.2, -0.15) is 5.26 Å². The van der Waals surface area contributed by atoms with Crippen molar-refractivity contribution >= 4 is 34.1 Å². The molecule has 0 spiro atoms. The average Bonchev–Trinajstić information content (AvgIpc) is 2.82. The zero-order valence-electron chi connectivity index (χ0n) is 17.0. The number of hydrogen-bond donors (Lipinski definition) is 1. The van der Waals surface area contributed by atoms with E-state index in [1.807, 2.05) is 12.1 Å². The number of methoxy groups -OCH3 is 1. The van der Waals surface area contributed by atoms with E-state index < -0.39 is 0 Å². The van der Waals surface area contributed by atoms with Crippen LogP contribution in [0.2, 0.25) is 5.02 Å². The predicted octanol–water partition coefficient (Wildman–Crippen LogP) is 3.85. The fourth-order valence-electron chi connectivity index (χ4n) is 3.56. The number of nitrogens with one attached hydrogen (secondary N) is 1. The second-order valence-corrected chi connectivity index (χ2v) is 7.52. The minimum Gasteiger partial charge on any atom is -0.495 e. The summed E-state index contributed by atoms with van der Waals surface area (Å²) in [5.41, 5.74) is 3.24. The maximum absolute atomic E-state index is 13.3. The Morgan fingerprint density at radius 1 is 1.29 bits per heavy atom. The van der Waals surface area contributed by atoms with Crippen LogP contribution in [0.15, 0.2) is 42.6 Å². The number of morpholine rings is 1. The van der Waals surface area contributed by atoms with Gasteiger partial charge in [0.05, 0.1) is 53.7 Å². The number of nitrogens with zero attached hydrogens (tertiary/aromatic N) is 3. The first-order valence-corrected chi connectivity index (χ1v) is 10.2. The molecule has 0 bridgehead atoms. The molecular formula is C23H21ClN4O3. The third-order valence-electron chi connectivity index (χ3n) is 5.21. The maximum Gasteiger partial charge on any atom is 0.257 e. The number of amides is 1. The number of hydrogen-bond acceptors (Lipinski definition) is 6. The molecule has 0 unspecified atom stereocenters. The Hall–Kier alpha value is -3.34. The van der Waals surface area contributed by atoms with Crippen molar-refractivity contribution in [3.8, 4) is 11.8 Å². The summed E-state index contributed by atoms with van der Waals surface area (Å²) >= 11 is 6.26. The number of ether oxygens (including phenoxy) is 2. The van der Waals surface area contributed by atoms with E-state index in [1.165, 1.54) is 0 Å². The number of fused-ring (bicyclic) bond motifs is 1. The topological polar surface area (TPSA) is 87.5 Å². The van der Waals surface area contributed by atoms with Gasteiger partial charge in [0, 0.05) is 31.2 Å². The lowest BCUT2D eigenvalue weighted by Gasteiger charge is -2.28. The number of carbonyl (C=O) groups excluding carboxylic acids is 1. The first kappa shape index (κ1) is 20.9. The van der Waals surface area contributed by atoms with Crippen LogP contribution in [0.5, 0.6) is 5.75 Å². The molecule has 31 heavy (non-hydrogen) atoms. The third kappa shape index (κ3) is 4.41. The molecule has 1 saturated heterocycles. The molecular weight excluding hydrogens is 416 g/mol. The molecule has 0 aliphatic carbocycles. The van der Waals surface area contributed by atoms with Crippen LogP contribution in [-0.2, 0) is 11.3 Å². The number of carbonyl (C=O) groups is 1. The van der Waals surface area contributed by atoms with Crippen LogP contribution >= 0.6 is 11.6 Å². The molecule has 0 radical (unpaired) electrons. The minimum atomic E-state index is -0.115. The zero-order valence-corrected chi connectivity index (χ0v) is 17.8. The van der Waals surface area contributed by atoms with Crippen molar-refractivity contribution in [1.29, 1.82) is 5.26 Å². The molecule has 2 heterocycles. The number of anilines is 1. The van der Waals surface area contributed by atoms with E-state index in [1.54, 1.807) is 42.5 Å². The molecule has 0 saturated carbocycles. The normalized spacial score (nSPS) is 13.6. The van der Waals surface area contributed by atoms with Gasteiger partial charge in [-0.15, -0.1) is 0 Å². The van der Waals surface area contributed by atoms with Crippen molar-refractivity contribution in [2.24, 2.45) is 0 Å². The Morgan fingerprint density at radius 2 is 2.10 bits per heavy atom. The first-order valence-electron chi connectivity index (χ1n) is 9.87. The van der Waals surface area contributed by atoms with Crippen LogP contribution in [0.25, 0.3) is 10.9 Å². The second-order valence-electron chi connectivity index (χ2n) is 7.12. The van der Waals surface area contributed by atoms with Gasteiger partial charge >= 0.3 is 0 Å². The highest BCUT2D eigenvalue weighted by molar-refractivity contribution is 6.32. The van der Waals surface area contributed by atoms with Gasteiger partial charge in [0.1, 0.15) is 5.75 Å². The lowest BCUT2D eigenvalue weighted by atomic mass is 10.0. The standard InChI is InChI=1S/C23H21ClN4O3/c1-30-21-5-3-16(11-19(21)24)13-27-22-17-10-15(12-25)2-4-20(17)26-14-18(22)23(29)28-6-8-31-9-7-28/h2-5,10-11,14H,6-9,13H2,1H3,(H,26,27). The molecule has 8 heteroatoms. The molecule has 3 aromatic rings. The Labute approximate surface area is 185 Å². The van der Waals surface area contributed by atoms with Crippen LogP contribution in [0, 0.1) is 11.3 Å². The minimum absolute atomic E-state index is 0.115. The molecule has 158 valence electrons. The highest BCUT2D eigenvalue weighted by Gasteiger charge is 2.23. The summed E-state index contributed by atoms with van der Waals surface area (Å²) < 4.78 is 10.6. The number of halogens is 1. The lowest BCUT2D eigenvalue weighted by molar-refractivity contribution is 0.0303. The first-order chi connectivity index (χ1) is 15.1. The Balaban J connectivity index is 1.73. The Kier molecular flexibility index (Phi) is 6.21. The molecule has 0 atom stereocenters. The third-order valence-corrected chi connectivity index (χ3v) is 5.51. The number of pyridine rings is 1. The summed E-state index contributed by atoms with van der Waals surface area (Å²) in [6.07, 6.45) is 1.59. The largest absolute Gasteiger partial charge is 0.495 e. The van der Waals surface area contributed by atoms with Gasteiger partial charge in [-0.05, 0) is 35.9 Å². The number of rotatable bonds is 5. The Bertz CT molecular complexity index is 1170. The van der Waals surface area contributed by atoms with E-state index in [0.717, 1.165) is 10.9 Å². The fourth-order valence-corrected chi connectivity index (χ4v) is 3.84. The molecule has 4 rings (SSSR count). The monoisotopic (exact) mass is 436 g/mol. The van der Waals surface area contributed by atoms with Crippen LogP contribution in [0.1, 0.15) is 21.5 Å². The quantitative estimate of drug-likeness (QED) is 0.653. The van der Waals surface area contributed by atoms with Crippen molar-refractivity contribution in [2.75, 3.05) is 38.7 Å². The molecule has 1 amide bonds. The van der Waals surface area contributed by atoms with Gasteiger partial charge in [0.25, 0.3) is 5.91 Å². The van der Waals surface area contributed by atoms with Crippen LogP contribution < -0.4 is 10.1 Å². The van der Waals surface area contributed by atoms with Crippen molar-refractivity contribution in [1.82, 2.24) is 9.88 Å². The predicted molar refractivity (Wildman–Crippen MR) is 119 cm³/mol. The Morgan fingerprint density at radius 3 is 2.81 bits per heavy atom. The summed E-state index contributed by atoms with van der Waals surface area (Å²) in [5, 5.41) is 14.0. The van der Waals surface area contributed by atoms with E-state index >= 15 is 0 Å². The van der Waals surface area contributed by atoms with Gasteiger partial charge in [-0.25, -0.2) is 0 Å². The summed E-state index contributed by atoms with van der Waals surface area (Å²) in [6.45, 7) is 2.52. The van der Waals surface area contributed by atoms with Gasteiger partial charge < -0.3 is 19.7 Å². The van der Waals surface area contributed by atoms with Gasteiger partial charge in [-0.3, -0.25) is 9.78 Å². The summed E-state index contributed by atoms with van der Waals surface area (Å²) in [7, 11) is 1.57. The zero-order chi connectivity index (χ0) is 21.8. The summed E-state index contributed by atoms with van der Waals surface area (Å²) in [6, 6.07) is 12.9. The highest BCUT2D eigenvalue weighted by atomic mass is 35.5. The van der Waals surface area contributed by atoms with E-state index in [0.29, 0.717) is 66.0 Å². The highest BCUT2D eigenvalue weighted by Crippen LogP contribution is 2.30. The van der Waals surface area contributed by atoms with Gasteiger partial charge in [0.15, 0.2) is 0 Å². The number of aromatic nitrogens is 1. The molecule has 1 aliphatic rings. The second kappa shape index (κ2) is 9.21. The van der Waals surface area contributed by atoms with Crippen LogP contribution in [0.3, 0.4) is 0 Å². The molecule has 1 N–H and O–H groups in total. The van der Waals surface area contributed by atoms with Crippen LogP contribution in [-0.4, -0.2) is 49.2 Å². The van der Waals surface area contributed by atoms with E-state index in [-0.39, 0.29) is 5.91 Å². The van der Waals surface area contributed by atoms with Crippen molar-refractivity contribution < 1.29 is 14.3 Å². The molecule has 1 fully saturated rings. The molecule has 2 aromatic carbocycles. The molecule has 1 aliphatic heterocycles. The lowest BCUT2D eigenvalue weighted by Crippen LogP contribution is -2.41. The number of nitriles is 1. The summed E-state index contributed by atoms with van der Waals surface area (Å²) in [4.78, 5) is 19.5.